The van der Waals surface area contributed by atoms with Crippen LogP contribution < -0.4 is 0 Å². The van der Waals surface area contributed by atoms with Gasteiger partial charge in [-0.2, -0.15) is 0 Å². The van der Waals surface area contributed by atoms with Crippen molar-refractivity contribution in [3.05, 3.63) is 0 Å². The van der Waals surface area contributed by atoms with Crippen molar-refractivity contribution < 1.29 is 0 Å². The first-order chi connectivity index (χ1) is 4.24. The van der Waals surface area contributed by atoms with E-state index >= 15 is 0 Å². The lowest BCUT2D eigenvalue weighted by atomic mass is 10.6. The molecule has 0 amide bonds. The highest BCUT2D eigenvalue weighted by Gasteiger charge is 2.23. The average molecular weight is 182 g/mol. The zero-order chi connectivity index (χ0) is 7.33. The van der Waals surface area contributed by atoms with E-state index in [9.17, 15) is 0 Å². The third-order valence-electron chi connectivity index (χ3n) is 1.37. The molecule has 0 N–H and O–H groups in total. The second-order valence-electron chi connectivity index (χ2n) is 1.65. The van der Waals surface area contributed by atoms with Crippen molar-refractivity contribution in [1.82, 2.24) is 0 Å². The summed E-state index contributed by atoms with van der Waals surface area (Å²) in [5, 5.41) is 0. The van der Waals surface area contributed by atoms with Gasteiger partial charge < -0.3 is 0 Å². The van der Waals surface area contributed by atoms with Crippen molar-refractivity contribution in [1.29, 1.82) is 0 Å². The van der Waals surface area contributed by atoms with Crippen LogP contribution in [0.5, 0.6) is 0 Å². The molecule has 0 nitrogen and oxygen atoms in total. The van der Waals surface area contributed by atoms with Gasteiger partial charge in [0.2, 0.25) is 0 Å². The maximum atomic E-state index is 2.24. The molecule has 0 radical (unpaired) electrons. The lowest BCUT2D eigenvalue weighted by molar-refractivity contribution is 1.01. The van der Waals surface area contributed by atoms with Gasteiger partial charge in [-0.05, 0) is 25.2 Å². The minimum Gasteiger partial charge on any atom is -0.137 e. The first-order valence-corrected chi connectivity index (χ1v) is 6.57. The van der Waals surface area contributed by atoms with Crippen LogP contribution >= 0.6 is 35.3 Å². The number of thioether (sulfide) groups is 3. The number of rotatable bonds is 4. The zero-order valence-corrected chi connectivity index (χ0v) is 8.88. The van der Waals surface area contributed by atoms with Gasteiger partial charge in [0, 0.05) is 0 Å². The molecule has 0 rings (SSSR count). The van der Waals surface area contributed by atoms with E-state index in [1.54, 1.807) is 0 Å². The molecule has 0 fully saturated rings. The Bertz CT molecular complexity index is 51.2. The molecule has 0 bridgehead atoms. The normalized spacial score (nSPS) is 12.0. The van der Waals surface area contributed by atoms with E-state index in [-0.39, 0.29) is 0 Å². The minimum absolute atomic E-state index is 0.417. The Labute approximate surface area is 70.9 Å². The predicted octanol–water partition coefficient (Wildman–Crippen LogP) is 3.14. The smallest absolute Gasteiger partial charge is 0.105 e. The molecule has 3 heteroatoms. The highest BCUT2D eigenvalue weighted by molar-refractivity contribution is 8.33. The SMILES string of the molecule is CCC(SC)(SC)SC. The Morgan fingerprint density at radius 2 is 1.33 bits per heavy atom. The van der Waals surface area contributed by atoms with Crippen LogP contribution in [-0.2, 0) is 0 Å². The first kappa shape index (κ1) is 10.0. The molecule has 0 aliphatic carbocycles. The average Bonchev–Trinajstić information content (AvgIpc) is 1.95. The molecule has 0 saturated carbocycles. The first-order valence-electron chi connectivity index (χ1n) is 2.90. The molecular weight excluding hydrogens is 168 g/mol. The maximum Gasteiger partial charge on any atom is 0.105 e. The van der Waals surface area contributed by atoms with Gasteiger partial charge in [-0.25, -0.2) is 0 Å². The van der Waals surface area contributed by atoms with Crippen LogP contribution in [0.3, 0.4) is 0 Å². The van der Waals surface area contributed by atoms with Crippen LogP contribution in [0, 0.1) is 0 Å². The standard InChI is InChI=1S/C6H14S3/c1-5-6(7-2,8-3)9-4/h5H2,1-4H3. The second kappa shape index (κ2) is 4.80. The monoisotopic (exact) mass is 182 g/mol. The molecule has 0 saturated heterocycles. The van der Waals surface area contributed by atoms with Crippen molar-refractivity contribution in [2.24, 2.45) is 0 Å². The third kappa shape index (κ3) is 2.64. The van der Waals surface area contributed by atoms with Crippen LogP contribution in [-0.4, -0.2) is 22.2 Å². The van der Waals surface area contributed by atoms with Crippen molar-refractivity contribution in [2.45, 2.75) is 16.8 Å². The highest BCUT2D eigenvalue weighted by Crippen LogP contribution is 2.45. The van der Waals surface area contributed by atoms with E-state index in [0.29, 0.717) is 3.41 Å². The summed E-state index contributed by atoms with van der Waals surface area (Å²) in [7, 11) is 0. The van der Waals surface area contributed by atoms with Crippen LogP contribution in [0.1, 0.15) is 13.3 Å². The molecule has 0 spiro atoms. The predicted molar refractivity (Wildman–Crippen MR) is 53.6 cm³/mol. The molecule has 0 heterocycles. The molecule has 0 unspecified atom stereocenters. The third-order valence-corrected chi connectivity index (χ3v) is 7.10. The van der Waals surface area contributed by atoms with E-state index in [0.717, 1.165) is 0 Å². The van der Waals surface area contributed by atoms with E-state index in [4.69, 9.17) is 0 Å². The Hall–Kier alpha value is 1.05. The van der Waals surface area contributed by atoms with Crippen molar-refractivity contribution in [2.75, 3.05) is 18.8 Å². The maximum absolute atomic E-state index is 2.24. The molecule has 56 valence electrons. The Morgan fingerprint density at radius 3 is 1.33 bits per heavy atom. The summed E-state index contributed by atoms with van der Waals surface area (Å²) in [6.07, 6.45) is 7.76. The van der Waals surface area contributed by atoms with E-state index in [1.165, 1.54) is 6.42 Å². The van der Waals surface area contributed by atoms with Gasteiger partial charge in [-0.1, -0.05) is 6.92 Å². The van der Waals surface area contributed by atoms with E-state index in [1.807, 2.05) is 35.3 Å². The summed E-state index contributed by atoms with van der Waals surface area (Å²) in [5.74, 6) is 0. The fourth-order valence-electron chi connectivity index (χ4n) is 0.683. The zero-order valence-electron chi connectivity index (χ0n) is 6.43. The van der Waals surface area contributed by atoms with Gasteiger partial charge in [-0.15, -0.1) is 35.3 Å². The van der Waals surface area contributed by atoms with Crippen LogP contribution in [0.4, 0.5) is 0 Å². The van der Waals surface area contributed by atoms with E-state index in [2.05, 4.69) is 25.7 Å². The minimum atomic E-state index is 0.417. The summed E-state index contributed by atoms with van der Waals surface area (Å²) in [6, 6.07) is 0. The number of hydrogen-bond donors (Lipinski definition) is 0. The highest BCUT2D eigenvalue weighted by atomic mass is 32.3. The Kier molecular flexibility index (Phi) is 5.36. The van der Waals surface area contributed by atoms with Crippen LogP contribution in [0.15, 0.2) is 0 Å². The second-order valence-corrected chi connectivity index (χ2v) is 5.74. The molecule has 0 aromatic carbocycles. The molecule has 0 aliphatic rings. The molecule has 0 atom stereocenters. The fourth-order valence-corrected chi connectivity index (χ4v) is 3.55. The van der Waals surface area contributed by atoms with Crippen LogP contribution in [0.2, 0.25) is 0 Å². The van der Waals surface area contributed by atoms with Crippen molar-refractivity contribution in [3.63, 3.8) is 0 Å². The molecular formula is C6H14S3. The van der Waals surface area contributed by atoms with Gasteiger partial charge in [0.1, 0.15) is 3.41 Å². The molecule has 0 aromatic rings. The van der Waals surface area contributed by atoms with Crippen molar-refractivity contribution >= 4 is 35.3 Å². The number of hydrogen-bond acceptors (Lipinski definition) is 3. The van der Waals surface area contributed by atoms with Crippen LogP contribution in [0.25, 0.3) is 0 Å². The lowest BCUT2D eigenvalue weighted by Gasteiger charge is -2.25. The summed E-state index contributed by atoms with van der Waals surface area (Å²) < 4.78 is 0.417. The van der Waals surface area contributed by atoms with Crippen molar-refractivity contribution in [3.8, 4) is 0 Å². The molecule has 0 aromatic heterocycles. The fraction of sp³-hybridized carbons (Fsp3) is 1.00. The summed E-state index contributed by atoms with van der Waals surface area (Å²) >= 11 is 5.83. The van der Waals surface area contributed by atoms with Gasteiger partial charge in [0.15, 0.2) is 0 Å². The van der Waals surface area contributed by atoms with Gasteiger partial charge in [-0.3, -0.25) is 0 Å². The summed E-state index contributed by atoms with van der Waals surface area (Å²) in [6.45, 7) is 2.24. The quantitative estimate of drug-likeness (QED) is 0.613. The molecule has 9 heavy (non-hydrogen) atoms. The largest absolute Gasteiger partial charge is 0.137 e. The van der Waals surface area contributed by atoms with E-state index < -0.39 is 0 Å². The van der Waals surface area contributed by atoms with Gasteiger partial charge in [0.25, 0.3) is 0 Å². The van der Waals surface area contributed by atoms with Gasteiger partial charge in [0.05, 0.1) is 0 Å². The Balaban J connectivity index is 3.82. The lowest BCUT2D eigenvalue weighted by Crippen LogP contribution is -2.10. The summed E-state index contributed by atoms with van der Waals surface area (Å²) in [4.78, 5) is 0. The van der Waals surface area contributed by atoms with Gasteiger partial charge >= 0.3 is 0 Å². The summed E-state index contributed by atoms with van der Waals surface area (Å²) in [5.41, 5.74) is 0. The molecule has 0 aliphatic heterocycles. The topological polar surface area (TPSA) is 0 Å². The Morgan fingerprint density at radius 1 is 1.00 bits per heavy atom.